The number of hydrogen-bond acceptors (Lipinski definition) is 4. The van der Waals surface area contributed by atoms with E-state index in [1.807, 2.05) is 27.7 Å². The number of anilines is 2. The van der Waals surface area contributed by atoms with E-state index in [-0.39, 0.29) is 34.8 Å². The minimum absolute atomic E-state index is 0.115. The highest BCUT2D eigenvalue weighted by atomic mass is 16.2. The Morgan fingerprint density at radius 2 is 1.00 bits per heavy atom. The number of amides is 4. The van der Waals surface area contributed by atoms with Crippen LogP contribution >= 0.6 is 0 Å². The fourth-order valence-corrected chi connectivity index (χ4v) is 4.71. The van der Waals surface area contributed by atoms with Crippen LogP contribution in [0.4, 0.5) is 11.4 Å². The van der Waals surface area contributed by atoms with Gasteiger partial charge in [0.1, 0.15) is 12.1 Å². The molecule has 8 heteroatoms. The summed E-state index contributed by atoms with van der Waals surface area (Å²) < 4.78 is 0. The lowest BCUT2D eigenvalue weighted by molar-refractivity contribution is -0.122. The number of nitrogens with one attached hydrogen (secondary N) is 2. The lowest BCUT2D eigenvalue weighted by Gasteiger charge is -2.39. The summed E-state index contributed by atoms with van der Waals surface area (Å²) in [4.78, 5) is 57.5. The van der Waals surface area contributed by atoms with Crippen molar-refractivity contribution < 1.29 is 19.2 Å². The molecule has 0 fully saturated rings. The molecule has 1 heterocycles. The van der Waals surface area contributed by atoms with Crippen molar-refractivity contribution in [3.05, 3.63) is 59.7 Å². The van der Waals surface area contributed by atoms with Crippen LogP contribution in [0.5, 0.6) is 0 Å². The van der Waals surface area contributed by atoms with Gasteiger partial charge in [-0.2, -0.15) is 0 Å². The first-order chi connectivity index (χ1) is 17.1. The number of carbonyl (C=O) groups excluding carboxylic acids is 4. The number of nitrogens with zero attached hydrogens (tertiary/aromatic N) is 2. The maximum Gasteiger partial charge on any atom is 0.261 e. The summed E-state index contributed by atoms with van der Waals surface area (Å²) in [7, 11) is 3.08. The van der Waals surface area contributed by atoms with E-state index in [9.17, 15) is 19.2 Å². The molecular formula is C28H36N4O4. The molecule has 0 radical (unpaired) electrons. The van der Waals surface area contributed by atoms with E-state index >= 15 is 0 Å². The summed E-state index contributed by atoms with van der Waals surface area (Å²) in [5.41, 5.74) is 1.22. The molecular weight excluding hydrogens is 456 g/mol. The van der Waals surface area contributed by atoms with E-state index in [0.717, 1.165) is 0 Å². The van der Waals surface area contributed by atoms with E-state index in [0.29, 0.717) is 24.2 Å². The highest BCUT2D eigenvalue weighted by Crippen LogP contribution is 2.36. The average molecular weight is 493 g/mol. The van der Waals surface area contributed by atoms with E-state index in [1.54, 1.807) is 48.5 Å². The second kappa shape index (κ2) is 11.4. The normalized spacial score (nSPS) is 15.1. The summed E-state index contributed by atoms with van der Waals surface area (Å²) in [6.07, 6.45) is 0.821. The highest BCUT2D eigenvalue weighted by Gasteiger charge is 2.41. The first-order valence-corrected chi connectivity index (χ1v) is 12.4. The van der Waals surface area contributed by atoms with Crippen molar-refractivity contribution in [2.24, 2.45) is 11.8 Å². The molecule has 4 amide bonds. The van der Waals surface area contributed by atoms with Gasteiger partial charge < -0.3 is 10.6 Å². The number of likely N-dealkylation sites (N-methyl/N-ethyl adjacent to an activating group) is 2. The zero-order valence-electron chi connectivity index (χ0n) is 21.9. The Bertz CT molecular complexity index is 1050. The van der Waals surface area contributed by atoms with Crippen LogP contribution < -0.4 is 20.4 Å². The first-order valence-electron chi connectivity index (χ1n) is 12.4. The lowest BCUT2D eigenvalue weighted by Crippen LogP contribution is -2.54. The third kappa shape index (κ3) is 5.27. The quantitative estimate of drug-likeness (QED) is 0.588. The van der Waals surface area contributed by atoms with E-state index < -0.39 is 23.9 Å². The number of para-hydroxylation sites is 2. The number of fused-ring (bicyclic) bond motifs is 2. The number of benzene rings is 2. The molecule has 8 nitrogen and oxygen atoms in total. The molecule has 2 aromatic carbocycles. The number of hydrogen-bond donors (Lipinski definition) is 2. The van der Waals surface area contributed by atoms with Gasteiger partial charge in [0.05, 0.1) is 22.5 Å². The maximum absolute atomic E-state index is 14.2. The molecule has 1 aliphatic rings. The Balaban J connectivity index is 2.33. The molecule has 36 heavy (non-hydrogen) atoms. The van der Waals surface area contributed by atoms with Gasteiger partial charge in [0, 0.05) is 14.1 Å². The molecule has 2 atom stereocenters. The lowest BCUT2D eigenvalue weighted by atomic mass is 9.94. The van der Waals surface area contributed by atoms with Gasteiger partial charge in [0.25, 0.3) is 11.8 Å². The van der Waals surface area contributed by atoms with E-state index in [1.165, 1.54) is 23.9 Å². The van der Waals surface area contributed by atoms with E-state index in [4.69, 9.17) is 0 Å². The zero-order valence-corrected chi connectivity index (χ0v) is 21.9. The summed E-state index contributed by atoms with van der Waals surface area (Å²) >= 11 is 0. The molecule has 2 N–H and O–H groups in total. The van der Waals surface area contributed by atoms with Crippen LogP contribution in [0.2, 0.25) is 0 Å². The Hall–Kier alpha value is -3.68. The van der Waals surface area contributed by atoms with Crippen molar-refractivity contribution in [2.75, 3.05) is 23.9 Å². The van der Waals surface area contributed by atoms with Crippen molar-refractivity contribution >= 4 is 35.0 Å². The van der Waals surface area contributed by atoms with Crippen molar-refractivity contribution in [1.82, 2.24) is 10.6 Å². The Labute approximate surface area is 213 Å². The number of rotatable bonds is 8. The molecule has 3 rings (SSSR count). The van der Waals surface area contributed by atoms with Gasteiger partial charge in [0.2, 0.25) is 11.8 Å². The minimum atomic E-state index is -0.818. The topological polar surface area (TPSA) is 98.8 Å². The highest BCUT2D eigenvalue weighted by molar-refractivity contribution is 6.22. The molecule has 2 unspecified atom stereocenters. The molecule has 0 spiro atoms. The fraction of sp³-hybridized carbons (Fsp3) is 0.429. The predicted octanol–water partition coefficient (Wildman–Crippen LogP) is 3.62. The minimum Gasteiger partial charge on any atom is -0.357 e. The molecule has 0 saturated carbocycles. The van der Waals surface area contributed by atoms with Crippen LogP contribution in [-0.4, -0.2) is 49.8 Å². The van der Waals surface area contributed by atoms with Crippen LogP contribution in [0.15, 0.2) is 48.5 Å². The SMILES string of the molecule is CNC(=O)C(CC(C)C)N1C(=O)c2ccccc2N(C(CC(C)C)C(=O)NC)C(=O)c2ccccc21. The third-order valence-electron chi connectivity index (χ3n) is 6.34. The second-order valence-corrected chi connectivity index (χ2v) is 9.90. The van der Waals surface area contributed by atoms with Crippen molar-refractivity contribution in [3.8, 4) is 0 Å². The Morgan fingerprint density at radius 3 is 1.31 bits per heavy atom. The van der Waals surface area contributed by atoms with Crippen LogP contribution in [0.3, 0.4) is 0 Å². The smallest absolute Gasteiger partial charge is 0.261 e. The molecule has 192 valence electrons. The summed E-state index contributed by atoms with van der Waals surface area (Å²) in [6, 6.07) is 11.9. The van der Waals surface area contributed by atoms with Crippen LogP contribution in [-0.2, 0) is 9.59 Å². The van der Waals surface area contributed by atoms with E-state index in [2.05, 4.69) is 10.6 Å². The van der Waals surface area contributed by atoms with Crippen LogP contribution in [0, 0.1) is 11.8 Å². The predicted molar refractivity (Wildman–Crippen MR) is 141 cm³/mol. The summed E-state index contributed by atoms with van der Waals surface area (Å²) in [5, 5.41) is 5.36. The molecule has 0 aromatic heterocycles. The molecule has 1 aliphatic heterocycles. The Kier molecular flexibility index (Phi) is 8.50. The van der Waals surface area contributed by atoms with Crippen molar-refractivity contribution in [2.45, 2.75) is 52.6 Å². The van der Waals surface area contributed by atoms with Gasteiger partial charge in [-0.25, -0.2) is 0 Å². The largest absolute Gasteiger partial charge is 0.357 e. The molecule has 0 saturated heterocycles. The van der Waals surface area contributed by atoms with Crippen LogP contribution in [0.1, 0.15) is 61.3 Å². The Morgan fingerprint density at radius 1 is 0.667 bits per heavy atom. The maximum atomic E-state index is 14.2. The van der Waals surface area contributed by atoms with Gasteiger partial charge in [-0.15, -0.1) is 0 Å². The zero-order chi connectivity index (χ0) is 26.6. The third-order valence-corrected chi connectivity index (χ3v) is 6.34. The average Bonchev–Trinajstić information content (AvgIpc) is 2.86. The number of carbonyl (C=O) groups is 4. The van der Waals surface area contributed by atoms with Crippen molar-refractivity contribution in [1.29, 1.82) is 0 Å². The molecule has 0 bridgehead atoms. The molecule has 0 aliphatic carbocycles. The van der Waals surface area contributed by atoms with Gasteiger partial charge in [-0.05, 0) is 48.9 Å². The monoisotopic (exact) mass is 492 g/mol. The molecule has 2 aromatic rings. The van der Waals surface area contributed by atoms with Gasteiger partial charge in [-0.1, -0.05) is 52.0 Å². The van der Waals surface area contributed by atoms with Gasteiger partial charge in [-0.3, -0.25) is 29.0 Å². The fourth-order valence-electron chi connectivity index (χ4n) is 4.71. The second-order valence-electron chi connectivity index (χ2n) is 9.90. The summed E-state index contributed by atoms with van der Waals surface area (Å²) in [6.45, 7) is 7.93. The van der Waals surface area contributed by atoms with Crippen LogP contribution in [0.25, 0.3) is 0 Å². The standard InChI is InChI=1S/C28H36N4O4/c1-17(2)15-23(25(33)29-5)31-21-13-9-7-11-19(21)28(36)32(24(16-18(3)4)26(34)30-6)22-14-10-8-12-20(22)27(31)35/h7-14,17-18,23-24H,15-16H2,1-6H3,(H,29,33)(H,30,34). The summed E-state index contributed by atoms with van der Waals surface area (Å²) in [5.74, 6) is -1.18. The van der Waals surface area contributed by atoms with Gasteiger partial charge >= 0.3 is 0 Å². The van der Waals surface area contributed by atoms with Gasteiger partial charge in [0.15, 0.2) is 0 Å². The van der Waals surface area contributed by atoms with Crippen molar-refractivity contribution in [3.63, 3.8) is 0 Å². The first kappa shape index (κ1) is 26.9.